The van der Waals surface area contributed by atoms with Crippen LogP contribution in [0.1, 0.15) is 22.3 Å². The van der Waals surface area contributed by atoms with Crippen molar-refractivity contribution in [3.05, 3.63) is 350 Å². The van der Waals surface area contributed by atoms with Crippen molar-refractivity contribution in [1.29, 1.82) is 0 Å². The largest absolute Gasteiger partial charge is 0.310 e. The van der Waals surface area contributed by atoms with E-state index in [0.717, 1.165) is 34.1 Å². The van der Waals surface area contributed by atoms with Crippen LogP contribution < -0.4 is 9.80 Å². The maximum atomic E-state index is 2.52. The zero-order chi connectivity index (χ0) is 58.6. The Bertz CT molecular complexity index is 5080. The first-order chi connectivity index (χ1) is 44.2. The number of benzene rings is 14. The Morgan fingerprint density at radius 2 is 0.483 bits per heavy atom. The maximum Gasteiger partial charge on any atom is 0.0783 e. The molecule has 0 fully saturated rings. The highest BCUT2D eigenvalue weighted by Crippen LogP contribution is 2.65. The molecule has 2 nitrogen and oxygen atoms in total. The number of anilines is 6. The summed E-state index contributed by atoms with van der Waals surface area (Å²) in [6.45, 7) is 0. The van der Waals surface area contributed by atoms with Gasteiger partial charge in [0.05, 0.1) is 28.2 Å². The highest BCUT2D eigenvalue weighted by molar-refractivity contribution is 7.27. The zero-order valence-corrected chi connectivity index (χ0v) is 50.0. The van der Waals surface area contributed by atoms with E-state index >= 15 is 0 Å². The fourth-order valence-electron chi connectivity index (χ4n) is 14.7. The molecule has 0 saturated heterocycles. The van der Waals surface area contributed by atoms with Gasteiger partial charge in [-0.15, -0.1) is 22.7 Å². The van der Waals surface area contributed by atoms with Crippen LogP contribution >= 0.6 is 22.7 Å². The van der Waals surface area contributed by atoms with Gasteiger partial charge in [-0.25, -0.2) is 0 Å². The quantitative estimate of drug-likeness (QED) is 0.150. The first-order valence-corrected chi connectivity index (χ1v) is 32.2. The molecule has 0 radical (unpaired) electrons. The second kappa shape index (κ2) is 20.6. The molecule has 0 unspecified atom stereocenters. The summed E-state index contributed by atoms with van der Waals surface area (Å²) in [5, 5.41) is 5.18. The third-order valence-corrected chi connectivity index (χ3v) is 21.3. The molecule has 4 heteroatoms. The molecular formula is C85H54N2S2. The predicted molar refractivity (Wildman–Crippen MR) is 380 cm³/mol. The van der Waals surface area contributed by atoms with Crippen LogP contribution in [0.15, 0.2) is 328 Å². The molecule has 0 bridgehead atoms. The Balaban J connectivity index is 0.814. The summed E-state index contributed by atoms with van der Waals surface area (Å²) >= 11 is 3.81. The SMILES string of the molecule is c1ccc(-c2ccc3c(c2)C2(c4ccccc4N3c3ccc(-c4cccc5c4sc4c(-c6ccccc6)cccc45)cc3)c3ccccc3N(c3ccc(-c4cccc5c4sc4c(-c6ccccc6)cccc45)cc3)c3ccc(-c4ccccc4)cc32)cc1. The van der Waals surface area contributed by atoms with Gasteiger partial charge in [-0.05, 0) is 150 Å². The predicted octanol–water partition coefficient (Wildman–Crippen LogP) is 24.4. The fraction of sp³-hybridized carbons (Fsp3) is 0.0118. The Morgan fingerprint density at radius 3 is 0.831 bits per heavy atom. The fourth-order valence-corrected chi connectivity index (χ4v) is 17.4. The van der Waals surface area contributed by atoms with Crippen LogP contribution in [0.5, 0.6) is 0 Å². The lowest BCUT2D eigenvalue weighted by Gasteiger charge is -2.51. The molecule has 2 aromatic heterocycles. The van der Waals surface area contributed by atoms with Crippen LogP contribution in [-0.2, 0) is 5.41 Å². The Kier molecular flexibility index (Phi) is 11.9. The molecule has 0 amide bonds. The summed E-state index contributed by atoms with van der Waals surface area (Å²) in [5.41, 5.74) is 25.6. The Morgan fingerprint density at radius 1 is 0.202 bits per heavy atom. The summed E-state index contributed by atoms with van der Waals surface area (Å²) < 4.78 is 5.25. The number of fused-ring (bicyclic) bond motifs is 14. The van der Waals surface area contributed by atoms with E-state index in [4.69, 9.17) is 0 Å². The van der Waals surface area contributed by atoms with Crippen LogP contribution in [0.2, 0.25) is 0 Å². The smallest absolute Gasteiger partial charge is 0.0783 e. The lowest BCUT2D eigenvalue weighted by atomic mass is 9.59. The van der Waals surface area contributed by atoms with Gasteiger partial charge in [-0.1, -0.05) is 267 Å². The van der Waals surface area contributed by atoms with Crippen LogP contribution in [-0.4, -0.2) is 0 Å². The molecule has 4 heterocycles. The second-order valence-electron chi connectivity index (χ2n) is 23.4. The van der Waals surface area contributed by atoms with Gasteiger partial charge in [-0.3, -0.25) is 0 Å². The normalized spacial score (nSPS) is 13.0. The summed E-state index contributed by atoms with van der Waals surface area (Å²) in [7, 11) is 0. The molecule has 1 spiro atoms. The number of para-hydroxylation sites is 2. The summed E-state index contributed by atoms with van der Waals surface area (Å²) in [4.78, 5) is 5.04. The Hall–Kier alpha value is -10.9. The third-order valence-electron chi connectivity index (χ3n) is 18.7. The van der Waals surface area contributed by atoms with Crippen molar-refractivity contribution in [2.24, 2.45) is 0 Å². The van der Waals surface area contributed by atoms with E-state index in [-0.39, 0.29) is 0 Å². The maximum absolute atomic E-state index is 2.52. The highest BCUT2D eigenvalue weighted by Gasteiger charge is 2.52. The third kappa shape index (κ3) is 8.01. The second-order valence-corrected chi connectivity index (χ2v) is 25.5. The lowest BCUT2D eigenvalue weighted by molar-refractivity contribution is 0.719. The van der Waals surface area contributed by atoms with Crippen LogP contribution in [0.4, 0.5) is 34.1 Å². The van der Waals surface area contributed by atoms with E-state index in [1.807, 2.05) is 22.7 Å². The van der Waals surface area contributed by atoms with Gasteiger partial charge < -0.3 is 9.80 Å². The van der Waals surface area contributed by atoms with Gasteiger partial charge in [0.25, 0.3) is 0 Å². The number of hydrogen-bond donors (Lipinski definition) is 0. The molecule has 0 N–H and O–H groups in total. The summed E-state index contributed by atoms with van der Waals surface area (Å²) in [5.74, 6) is 0. The lowest BCUT2D eigenvalue weighted by Crippen LogP contribution is -2.42. The van der Waals surface area contributed by atoms with Crippen LogP contribution in [0.25, 0.3) is 107 Å². The monoisotopic (exact) mass is 1170 g/mol. The summed E-state index contributed by atoms with van der Waals surface area (Å²) in [6, 6.07) is 122. The van der Waals surface area contributed by atoms with Crippen molar-refractivity contribution in [2.75, 3.05) is 9.80 Å². The van der Waals surface area contributed by atoms with Gasteiger partial charge in [0, 0.05) is 51.7 Å². The van der Waals surface area contributed by atoms with Crippen molar-refractivity contribution in [3.63, 3.8) is 0 Å². The molecule has 18 rings (SSSR count). The topological polar surface area (TPSA) is 6.48 Å². The number of rotatable bonds is 8. The molecule has 416 valence electrons. The standard InChI is InChI=1S/C85H54N2S2/c1-5-21-55(22-6-1)61-45-51-79-75(53-61)85(73-37-13-15-39-77(73)86(79)63-47-41-59(42-48-63)67-31-19-35-71-69-33-17-29-65(81(69)88-83(67)71)57-25-9-3-10-26-57)74-38-14-16-40-78(74)87(80-52-46-62(54-76(80)85)56-23-7-2-8-24-56)64-49-43-60(44-50-64)68-32-20-36-72-70-34-18-30-66(82(70)89-84(68)72)58-27-11-4-12-28-58/h1-54H. The highest BCUT2D eigenvalue weighted by atomic mass is 32.1. The van der Waals surface area contributed by atoms with Gasteiger partial charge in [-0.2, -0.15) is 0 Å². The minimum Gasteiger partial charge on any atom is -0.310 e. The van der Waals surface area contributed by atoms with E-state index in [9.17, 15) is 0 Å². The minimum absolute atomic E-state index is 0.773. The molecule has 2 aliphatic heterocycles. The van der Waals surface area contributed by atoms with E-state index in [0.29, 0.717) is 0 Å². The van der Waals surface area contributed by atoms with E-state index in [2.05, 4.69) is 337 Å². The number of nitrogens with zero attached hydrogens (tertiary/aromatic N) is 2. The minimum atomic E-state index is -0.773. The molecule has 16 aromatic rings. The molecule has 0 atom stereocenters. The van der Waals surface area contributed by atoms with Crippen molar-refractivity contribution >= 4 is 97.1 Å². The first kappa shape index (κ1) is 51.4. The van der Waals surface area contributed by atoms with Crippen molar-refractivity contribution in [3.8, 4) is 66.8 Å². The molecule has 0 saturated carbocycles. The van der Waals surface area contributed by atoms with Crippen molar-refractivity contribution in [2.45, 2.75) is 5.41 Å². The van der Waals surface area contributed by atoms with Gasteiger partial charge in [0.15, 0.2) is 0 Å². The number of thiophene rings is 2. The summed E-state index contributed by atoms with van der Waals surface area (Å²) in [6.07, 6.45) is 0. The van der Waals surface area contributed by atoms with E-state index in [1.165, 1.54) is 129 Å². The van der Waals surface area contributed by atoms with Crippen molar-refractivity contribution < 1.29 is 0 Å². The van der Waals surface area contributed by atoms with Gasteiger partial charge in [0.2, 0.25) is 0 Å². The molecule has 2 aliphatic rings. The molecule has 0 aliphatic carbocycles. The van der Waals surface area contributed by atoms with Gasteiger partial charge >= 0.3 is 0 Å². The zero-order valence-electron chi connectivity index (χ0n) is 48.4. The van der Waals surface area contributed by atoms with Crippen LogP contribution in [0, 0.1) is 0 Å². The molecular weight excluding hydrogens is 1110 g/mol. The molecule has 14 aromatic carbocycles. The average molecular weight is 1170 g/mol. The van der Waals surface area contributed by atoms with Crippen molar-refractivity contribution in [1.82, 2.24) is 0 Å². The van der Waals surface area contributed by atoms with E-state index in [1.54, 1.807) is 0 Å². The van der Waals surface area contributed by atoms with Gasteiger partial charge in [0.1, 0.15) is 0 Å². The average Bonchev–Trinajstić information content (AvgIpc) is 1.31. The van der Waals surface area contributed by atoms with Crippen LogP contribution in [0.3, 0.4) is 0 Å². The van der Waals surface area contributed by atoms with E-state index < -0.39 is 5.41 Å². The Labute approximate surface area is 525 Å². The number of hydrogen-bond acceptors (Lipinski definition) is 4. The first-order valence-electron chi connectivity index (χ1n) is 30.6. The molecule has 89 heavy (non-hydrogen) atoms.